The van der Waals surface area contributed by atoms with Crippen LogP contribution in [0.2, 0.25) is 0 Å². The predicted octanol–water partition coefficient (Wildman–Crippen LogP) is 2.22. The van der Waals surface area contributed by atoms with E-state index < -0.39 is 0 Å². The number of hydrogen-bond acceptors (Lipinski definition) is 1. The van der Waals surface area contributed by atoms with Crippen molar-refractivity contribution in [3.63, 3.8) is 0 Å². The zero-order valence-corrected chi connectivity index (χ0v) is 7.39. The van der Waals surface area contributed by atoms with Crippen LogP contribution in [0.5, 0.6) is 0 Å². The molecule has 0 aliphatic heterocycles. The highest BCUT2D eigenvalue weighted by atomic mass is 16.3. The highest BCUT2D eigenvalue weighted by molar-refractivity contribution is 4.92. The molecule has 0 saturated carbocycles. The van der Waals surface area contributed by atoms with Crippen molar-refractivity contribution < 1.29 is 5.11 Å². The Morgan fingerprint density at radius 3 is 1.90 bits per heavy atom. The second-order valence-corrected chi connectivity index (χ2v) is 3.55. The quantitative estimate of drug-likeness (QED) is 0.599. The number of rotatable bonds is 3. The van der Waals surface area contributed by atoms with E-state index >= 15 is 0 Å². The van der Waals surface area contributed by atoms with Crippen LogP contribution in [-0.4, -0.2) is 11.2 Å². The minimum Gasteiger partial charge on any atom is -0.393 e. The molecule has 0 fully saturated rings. The fourth-order valence-corrected chi connectivity index (χ4v) is 0.808. The van der Waals surface area contributed by atoms with Crippen LogP contribution in [0, 0.1) is 11.3 Å². The van der Waals surface area contributed by atoms with Crippen LogP contribution in [0.1, 0.15) is 27.7 Å². The predicted molar refractivity (Wildman–Crippen MR) is 44.8 cm³/mol. The maximum Gasteiger partial charge on any atom is 0.0545 e. The lowest BCUT2D eigenvalue weighted by atomic mass is 9.77. The highest BCUT2D eigenvalue weighted by Gasteiger charge is 2.25. The van der Waals surface area contributed by atoms with Crippen molar-refractivity contribution in [2.75, 3.05) is 0 Å². The minimum atomic E-state index is -0.256. The monoisotopic (exact) mass is 142 g/mol. The van der Waals surface area contributed by atoms with Crippen molar-refractivity contribution in [2.24, 2.45) is 11.3 Å². The van der Waals surface area contributed by atoms with Crippen molar-refractivity contribution in [1.29, 1.82) is 0 Å². The molecule has 0 spiro atoms. The number of aliphatic hydroxyl groups is 1. The summed E-state index contributed by atoms with van der Waals surface area (Å²) in [4.78, 5) is 0. The van der Waals surface area contributed by atoms with E-state index in [1.54, 1.807) is 0 Å². The topological polar surface area (TPSA) is 20.2 Å². The largest absolute Gasteiger partial charge is 0.393 e. The summed E-state index contributed by atoms with van der Waals surface area (Å²) < 4.78 is 0. The van der Waals surface area contributed by atoms with E-state index in [-0.39, 0.29) is 17.4 Å². The molecule has 0 aromatic carbocycles. The van der Waals surface area contributed by atoms with Gasteiger partial charge in [0, 0.05) is 0 Å². The van der Waals surface area contributed by atoms with Crippen LogP contribution >= 0.6 is 0 Å². The van der Waals surface area contributed by atoms with Gasteiger partial charge in [0.25, 0.3) is 0 Å². The Bertz CT molecular complexity index is 114. The molecule has 0 aliphatic carbocycles. The Morgan fingerprint density at radius 2 is 1.80 bits per heavy atom. The Kier molecular flexibility index (Phi) is 3.10. The lowest BCUT2D eigenvalue weighted by Gasteiger charge is -2.30. The van der Waals surface area contributed by atoms with Gasteiger partial charge in [-0.2, -0.15) is 0 Å². The van der Waals surface area contributed by atoms with Crippen LogP contribution in [0.3, 0.4) is 0 Å². The molecule has 0 aromatic rings. The van der Waals surface area contributed by atoms with Crippen LogP contribution in [-0.2, 0) is 0 Å². The van der Waals surface area contributed by atoms with Crippen molar-refractivity contribution in [3.8, 4) is 0 Å². The molecule has 1 nitrogen and oxygen atoms in total. The second kappa shape index (κ2) is 3.20. The first-order valence-corrected chi connectivity index (χ1v) is 3.73. The third-order valence-corrected chi connectivity index (χ3v) is 2.42. The minimum absolute atomic E-state index is 0.0359. The third kappa shape index (κ3) is 2.14. The van der Waals surface area contributed by atoms with E-state index in [2.05, 4.69) is 20.4 Å². The van der Waals surface area contributed by atoms with E-state index in [0.29, 0.717) is 0 Å². The molecule has 2 atom stereocenters. The van der Waals surface area contributed by atoms with E-state index in [1.807, 2.05) is 19.9 Å². The average molecular weight is 142 g/mol. The van der Waals surface area contributed by atoms with Gasteiger partial charge in [0.2, 0.25) is 0 Å². The fraction of sp³-hybridized carbons (Fsp3) is 0.778. The van der Waals surface area contributed by atoms with Gasteiger partial charge in [0.1, 0.15) is 0 Å². The highest BCUT2D eigenvalue weighted by Crippen LogP contribution is 2.29. The summed E-state index contributed by atoms with van der Waals surface area (Å²) in [7, 11) is 0. The number of aliphatic hydroxyl groups excluding tert-OH is 1. The Hall–Kier alpha value is -0.300. The van der Waals surface area contributed by atoms with Crippen molar-refractivity contribution in [3.05, 3.63) is 12.7 Å². The van der Waals surface area contributed by atoms with Gasteiger partial charge >= 0.3 is 0 Å². The second-order valence-electron chi connectivity index (χ2n) is 3.55. The molecular weight excluding hydrogens is 124 g/mol. The molecular formula is C9H18O. The molecule has 0 amide bonds. The zero-order chi connectivity index (χ0) is 8.36. The van der Waals surface area contributed by atoms with Crippen molar-refractivity contribution in [2.45, 2.75) is 33.8 Å². The van der Waals surface area contributed by atoms with Gasteiger partial charge < -0.3 is 5.11 Å². The summed E-state index contributed by atoms with van der Waals surface area (Å²) >= 11 is 0. The molecule has 0 unspecified atom stereocenters. The van der Waals surface area contributed by atoms with Gasteiger partial charge in [-0.1, -0.05) is 26.8 Å². The lowest BCUT2D eigenvalue weighted by Crippen LogP contribution is -2.28. The van der Waals surface area contributed by atoms with Gasteiger partial charge in [-0.15, -0.1) is 6.58 Å². The van der Waals surface area contributed by atoms with Crippen LogP contribution in [0.15, 0.2) is 12.7 Å². The van der Waals surface area contributed by atoms with Crippen molar-refractivity contribution >= 4 is 0 Å². The van der Waals surface area contributed by atoms with Gasteiger partial charge in [-0.05, 0) is 18.3 Å². The average Bonchev–Trinajstić information content (AvgIpc) is 1.86. The standard InChI is InChI=1S/C9H18O/c1-6-9(4,5)7(2)8(3)10/h6-8,10H,1H2,2-5H3/t7-,8+/m1/s1. The van der Waals surface area contributed by atoms with E-state index in [1.165, 1.54) is 0 Å². The molecule has 0 saturated heterocycles. The van der Waals surface area contributed by atoms with Crippen molar-refractivity contribution in [1.82, 2.24) is 0 Å². The third-order valence-electron chi connectivity index (χ3n) is 2.42. The molecule has 0 heterocycles. The fourth-order valence-electron chi connectivity index (χ4n) is 0.808. The summed E-state index contributed by atoms with van der Waals surface area (Å²) in [5.41, 5.74) is 0.0359. The Morgan fingerprint density at radius 1 is 1.40 bits per heavy atom. The molecule has 10 heavy (non-hydrogen) atoms. The first kappa shape index (κ1) is 9.70. The summed E-state index contributed by atoms with van der Waals surface area (Å²) in [6.07, 6.45) is 1.64. The molecule has 1 N–H and O–H groups in total. The summed E-state index contributed by atoms with van der Waals surface area (Å²) in [6.45, 7) is 11.7. The molecule has 0 aromatic heterocycles. The maximum absolute atomic E-state index is 9.24. The molecule has 0 radical (unpaired) electrons. The van der Waals surface area contributed by atoms with Gasteiger partial charge in [0.15, 0.2) is 0 Å². The molecule has 1 heteroatoms. The van der Waals surface area contributed by atoms with Crippen LogP contribution in [0.4, 0.5) is 0 Å². The molecule has 0 rings (SSSR count). The van der Waals surface area contributed by atoms with E-state index in [0.717, 1.165) is 0 Å². The maximum atomic E-state index is 9.24. The van der Waals surface area contributed by atoms with E-state index in [9.17, 15) is 5.11 Å². The van der Waals surface area contributed by atoms with Gasteiger partial charge in [-0.3, -0.25) is 0 Å². The van der Waals surface area contributed by atoms with Crippen LogP contribution in [0.25, 0.3) is 0 Å². The van der Waals surface area contributed by atoms with Gasteiger partial charge in [-0.25, -0.2) is 0 Å². The summed E-state index contributed by atoms with van der Waals surface area (Å²) in [6, 6.07) is 0. The zero-order valence-electron chi connectivity index (χ0n) is 7.39. The summed E-state index contributed by atoms with van der Waals surface area (Å²) in [5, 5.41) is 9.24. The lowest BCUT2D eigenvalue weighted by molar-refractivity contribution is 0.0819. The first-order valence-electron chi connectivity index (χ1n) is 3.73. The smallest absolute Gasteiger partial charge is 0.0545 e. The SMILES string of the molecule is C=CC(C)(C)[C@H](C)[C@H](C)O. The molecule has 60 valence electrons. The number of allylic oxidation sites excluding steroid dienone is 1. The van der Waals surface area contributed by atoms with Crippen LogP contribution < -0.4 is 0 Å². The molecule has 0 bridgehead atoms. The van der Waals surface area contributed by atoms with Gasteiger partial charge in [0.05, 0.1) is 6.10 Å². The normalized spacial score (nSPS) is 18.1. The van der Waals surface area contributed by atoms with E-state index in [4.69, 9.17) is 0 Å². The number of hydrogen-bond donors (Lipinski definition) is 1. The molecule has 0 aliphatic rings. The Balaban J connectivity index is 4.17. The Labute approximate surface area is 63.8 Å². The summed E-state index contributed by atoms with van der Waals surface area (Å²) in [5.74, 6) is 0.269. The first-order chi connectivity index (χ1) is 4.41.